The SMILES string of the molecule is CCCCCCCCCCCOCCN1C(=O)c2c(C)sc(-c3cc4sc(-c5ccc(-c6cc7sc(C(C)(C)CCC)cc7s6)cc5)cc4s3)c2C1=O. The molecule has 280 valence electrons. The van der Waals surface area contributed by atoms with Gasteiger partial charge in [-0.2, -0.15) is 0 Å². The third-order valence-electron chi connectivity index (χ3n) is 10.5. The fourth-order valence-corrected chi connectivity index (χ4v) is 13.6. The first-order chi connectivity index (χ1) is 25.7. The zero-order valence-corrected chi connectivity index (χ0v) is 35.8. The maximum atomic E-state index is 13.6. The molecule has 0 unspecified atom stereocenters. The monoisotopic (exact) mass is 801 g/mol. The van der Waals surface area contributed by atoms with Crippen LogP contribution in [0, 0.1) is 6.92 Å². The van der Waals surface area contributed by atoms with Gasteiger partial charge in [0.1, 0.15) is 0 Å². The van der Waals surface area contributed by atoms with E-state index < -0.39 is 0 Å². The van der Waals surface area contributed by atoms with E-state index in [4.69, 9.17) is 4.74 Å². The summed E-state index contributed by atoms with van der Waals surface area (Å²) in [5.74, 6) is -0.358. The topological polar surface area (TPSA) is 46.6 Å². The molecule has 1 aliphatic heterocycles. The highest BCUT2D eigenvalue weighted by Gasteiger charge is 2.41. The molecule has 0 atom stereocenters. The smallest absolute Gasteiger partial charge is 0.263 e. The number of ether oxygens (including phenoxy) is 1. The highest BCUT2D eigenvalue weighted by Crippen LogP contribution is 2.48. The van der Waals surface area contributed by atoms with Crippen molar-refractivity contribution < 1.29 is 14.3 Å². The van der Waals surface area contributed by atoms with Gasteiger partial charge in [0.15, 0.2) is 0 Å². The van der Waals surface area contributed by atoms with Gasteiger partial charge in [-0.25, -0.2) is 0 Å². The quantitative estimate of drug-likeness (QED) is 0.0605. The molecule has 0 aliphatic carbocycles. The van der Waals surface area contributed by atoms with Crippen molar-refractivity contribution in [3.05, 3.63) is 69.4 Å². The third kappa shape index (κ3) is 8.31. The molecule has 1 aromatic carbocycles. The van der Waals surface area contributed by atoms with Gasteiger partial charge in [-0.1, -0.05) is 110 Å². The third-order valence-corrected chi connectivity index (χ3v) is 16.8. The van der Waals surface area contributed by atoms with Gasteiger partial charge in [0.25, 0.3) is 11.8 Å². The summed E-state index contributed by atoms with van der Waals surface area (Å²) < 4.78 is 11.1. The normalized spacial score (nSPS) is 13.4. The Kier molecular flexibility index (Phi) is 12.4. The molecule has 2 amide bonds. The Hall–Kier alpha value is -2.66. The van der Waals surface area contributed by atoms with E-state index in [9.17, 15) is 9.59 Å². The lowest BCUT2D eigenvalue weighted by molar-refractivity contribution is 0.0559. The second-order valence-corrected chi connectivity index (χ2v) is 20.6. The molecule has 0 radical (unpaired) electrons. The van der Waals surface area contributed by atoms with Gasteiger partial charge >= 0.3 is 0 Å². The van der Waals surface area contributed by atoms with E-state index in [1.54, 1.807) is 34.0 Å². The minimum absolute atomic E-state index is 0.177. The first-order valence-corrected chi connectivity index (χ1v) is 23.5. The van der Waals surface area contributed by atoms with E-state index in [-0.39, 0.29) is 17.2 Å². The zero-order chi connectivity index (χ0) is 37.1. The predicted molar refractivity (Wildman–Crippen MR) is 233 cm³/mol. The van der Waals surface area contributed by atoms with Gasteiger partial charge in [-0.3, -0.25) is 14.5 Å². The number of thiophene rings is 5. The van der Waals surface area contributed by atoms with Crippen LogP contribution in [0.4, 0.5) is 0 Å². The number of carbonyl (C=O) groups is 2. The fraction of sp³-hybridized carbons (Fsp3) is 0.455. The molecule has 6 aromatic rings. The number of unbranched alkanes of at least 4 members (excludes halogenated alkanes) is 8. The first-order valence-electron chi connectivity index (χ1n) is 19.4. The van der Waals surface area contributed by atoms with E-state index in [2.05, 4.69) is 76.2 Å². The number of aryl methyl sites for hydroxylation is 1. The average Bonchev–Trinajstić information content (AvgIpc) is 3.97. The molecule has 4 nitrogen and oxygen atoms in total. The van der Waals surface area contributed by atoms with Crippen LogP contribution in [0.2, 0.25) is 0 Å². The Balaban J connectivity index is 0.957. The molecule has 6 heterocycles. The summed E-state index contributed by atoms with van der Waals surface area (Å²) in [6.45, 7) is 12.6. The standard InChI is InChI=1S/C44H51NO3S5/c1-6-8-9-10-11-12-13-14-15-22-48-23-21-45-42(46)39-28(3)49-41(40(39)43(45)47)37-26-34-33(52-37)24-31(50-34)29-16-18-30(19-17-29)32-25-35-36(51-32)27-38(53-35)44(4,5)20-7-2/h16-19,24-27H,6-15,20-23H2,1-5H3. The lowest BCUT2D eigenvalue weighted by Gasteiger charge is -2.22. The number of amides is 2. The Morgan fingerprint density at radius 2 is 1.13 bits per heavy atom. The number of hydrogen-bond acceptors (Lipinski definition) is 8. The Bertz CT molecular complexity index is 2130. The summed E-state index contributed by atoms with van der Waals surface area (Å²) in [5, 5.41) is 0. The molecule has 53 heavy (non-hydrogen) atoms. The predicted octanol–water partition coefficient (Wildman–Crippen LogP) is 14.8. The van der Waals surface area contributed by atoms with Crippen LogP contribution in [0.5, 0.6) is 0 Å². The summed E-state index contributed by atoms with van der Waals surface area (Å²) in [4.78, 5) is 35.4. The van der Waals surface area contributed by atoms with E-state index in [0.29, 0.717) is 30.9 Å². The number of imide groups is 1. The molecular weight excluding hydrogens is 751 g/mol. The van der Waals surface area contributed by atoms with Gasteiger partial charge in [-0.05, 0) is 60.6 Å². The molecule has 0 bridgehead atoms. The Morgan fingerprint density at radius 3 is 1.74 bits per heavy atom. The van der Waals surface area contributed by atoms with Gasteiger partial charge in [-0.15, -0.1) is 56.7 Å². The van der Waals surface area contributed by atoms with Crippen molar-refractivity contribution in [1.82, 2.24) is 4.90 Å². The van der Waals surface area contributed by atoms with E-state index in [0.717, 1.165) is 21.1 Å². The molecule has 0 saturated heterocycles. The second-order valence-electron chi connectivity index (χ2n) is 15.1. The molecular formula is C44H51NO3S5. The van der Waals surface area contributed by atoms with Crippen molar-refractivity contribution in [1.29, 1.82) is 0 Å². The highest BCUT2D eigenvalue weighted by atomic mass is 32.1. The molecule has 9 heteroatoms. The number of benzene rings is 1. The number of carbonyl (C=O) groups excluding carboxylic acids is 2. The number of rotatable bonds is 19. The maximum absolute atomic E-state index is 13.6. The Morgan fingerprint density at radius 1 is 0.604 bits per heavy atom. The second kappa shape index (κ2) is 17.0. The van der Waals surface area contributed by atoms with Crippen LogP contribution in [0.15, 0.2) is 48.5 Å². The highest BCUT2D eigenvalue weighted by molar-refractivity contribution is 7.32. The maximum Gasteiger partial charge on any atom is 0.263 e. The van der Waals surface area contributed by atoms with Crippen LogP contribution in [0.25, 0.3) is 49.4 Å². The van der Waals surface area contributed by atoms with Crippen LogP contribution < -0.4 is 0 Å². The van der Waals surface area contributed by atoms with Crippen LogP contribution in [-0.2, 0) is 10.2 Å². The van der Waals surface area contributed by atoms with Crippen molar-refractivity contribution in [3.63, 3.8) is 0 Å². The summed E-state index contributed by atoms with van der Waals surface area (Å²) in [5.41, 5.74) is 3.87. The van der Waals surface area contributed by atoms with Gasteiger partial charge in [0.05, 0.1) is 29.2 Å². The number of hydrogen-bond donors (Lipinski definition) is 0. The van der Waals surface area contributed by atoms with E-state index in [1.165, 1.54) is 114 Å². The molecule has 0 fully saturated rings. The van der Waals surface area contributed by atoms with E-state index >= 15 is 0 Å². The van der Waals surface area contributed by atoms with Crippen molar-refractivity contribution in [2.75, 3.05) is 19.8 Å². The fourth-order valence-electron chi connectivity index (χ4n) is 7.47. The molecule has 0 saturated carbocycles. The minimum Gasteiger partial charge on any atom is -0.380 e. The van der Waals surface area contributed by atoms with Crippen molar-refractivity contribution in [2.24, 2.45) is 0 Å². The van der Waals surface area contributed by atoms with Crippen molar-refractivity contribution >= 4 is 87.3 Å². The molecule has 0 spiro atoms. The van der Waals surface area contributed by atoms with Gasteiger partial charge < -0.3 is 4.74 Å². The zero-order valence-electron chi connectivity index (χ0n) is 31.7. The van der Waals surface area contributed by atoms with Crippen LogP contribution >= 0.6 is 56.7 Å². The summed E-state index contributed by atoms with van der Waals surface area (Å²) in [6.07, 6.45) is 13.9. The van der Waals surface area contributed by atoms with Crippen LogP contribution in [0.1, 0.15) is 129 Å². The van der Waals surface area contributed by atoms with Crippen molar-refractivity contribution in [2.45, 2.75) is 111 Å². The lowest BCUT2D eigenvalue weighted by atomic mass is 9.86. The Labute approximate surface area is 334 Å². The summed E-state index contributed by atoms with van der Waals surface area (Å²) in [6, 6.07) is 18.2. The van der Waals surface area contributed by atoms with Crippen LogP contribution in [-0.4, -0.2) is 36.5 Å². The summed E-state index contributed by atoms with van der Waals surface area (Å²) >= 11 is 8.91. The number of fused-ring (bicyclic) bond motifs is 3. The minimum atomic E-state index is -0.181. The summed E-state index contributed by atoms with van der Waals surface area (Å²) in [7, 11) is 0. The molecule has 1 aliphatic rings. The van der Waals surface area contributed by atoms with E-state index in [1.807, 2.05) is 29.6 Å². The molecule has 7 rings (SSSR count). The van der Waals surface area contributed by atoms with Crippen LogP contribution in [0.3, 0.4) is 0 Å². The number of nitrogens with zero attached hydrogens (tertiary/aromatic N) is 1. The average molecular weight is 802 g/mol. The van der Waals surface area contributed by atoms with Gasteiger partial charge in [0.2, 0.25) is 0 Å². The lowest BCUT2D eigenvalue weighted by Crippen LogP contribution is -2.33. The first kappa shape index (κ1) is 38.6. The van der Waals surface area contributed by atoms with Gasteiger partial charge in [0, 0.05) is 49.8 Å². The molecule has 5 aromatic heterocycles. The molecule has 0 N–H and O–H groups in total. The largest absolute Gasteiger partial charge is 0.380 e. The van der Waals surface area contributed by atoms with Crippen molar-refractivity contribution in [3.8, 4) is 30.6 Å².